The van der Waals surface area contributed by atoms with Crippen LogP contribution in [0.5, 0.6) is 0 Å². The van der Waals surface area contributed by atoms with Crippen LogP contribution in [0.25, 0.3) is 0 Å². The molecule has 1 saturated heterocycles. The lowest BCUT2D eigenvalue weighted by molar-refractivity contribution is -0.287. The van der Waals surface area contributed by atoms with E-state index < -0.39 is 48.6 Å². The Labute approximate surface area is 129 Å². The molecule has 0 amide bonds. The van der Waals surface area contributed by atoms with E-state index >= 15 is 0 Å². The molecule has 120 valence electrons. The van der Waals surface area contributed by atoms with Gasteiger partial charge in [0, 0.05) is 26.1 Å². The molecule has 0 spiro atoms. The van der Waals surface area contributed by atoms with E-state index in [1.54, 1.807) is 0 Å². The Balaban J connectivity index is 3.08. The minimum absolute atomic E-state index is 0.215. The third kappa shape index (κ3) is 4.94. The molecule has 0 aromatic heterocycles. The summed E-state index contributed by atoms with van der Waals surface area (Å²) < 4.78 is 20.3. The van der Waals surface area contributed by atoms with Gasteiger partial charge in [-0.2, -0.15) is 0 Å². The van der Waals surface area contributed by atoms with Crippen LogP contribution < -0.4 is 0 Å². The van der Waals surface area contributed by atoms with E-state index in [1.165, 1.54) is 6.92 Å². The van der Waals surface area contributed by atoms with Crippen molar-refractivity contribution >= 4 is 33.8 Å². The Morgan fingerprint density at radius 2 is 1.38 bits per heavy atom. The molecule has 1 aliphatic rings. The summed E-state index contributed by atoms with van der Waals surface area (Å²) in [6.07, 6.45) is -5.74. The number of ether oxygens (including phenoxy) is 4. The van der Waals surface area contributed by atoms with E-state index in [4.69, 9.17) is 18.9 Å². The highest BCUT2D eigenvalue weighted by atomic mass is 79.9. The van der Waals surface area contributed by atoms with Gasteiger partial charge >= 0.3 is 17.9 Å². The molecular weight excluding hydrogens is 352 g/mol. The lowest BCUT2D eigenvalue weighted by Gasteiger charge is -2.42. The van der Waals surface area contributed by atoms with Crippen molar-refractivity contribution in [2.45, 2.75) is 51.5 Å². The third-order valence-corrected chi connectivity index (χ3v) is 3.31. The van der Waals surface area contributed by atoms with E-state index in [0.717, 1.165) is 13.8 Å². The minimum Gasteiger partial charge on any atom is -0.456 e. The highest BCUT2D eigenvalue weighted by Gasteiger charge is 2.50. The molecule has 8 nitrogen and oxygen atoms in total. The fourth-order valence-corrected chi connectivity index (χ4v) is 2.52. The SMILES string of the molecule is CC(=O)O[C@H]1[C@@H](OC(C)=O)[C@@H](O)O[C@@H](CBr)[C@H]1OC(C)=O. The highest BCUT2D eigenvalue weighted by molar-refractivity contribution is 9.09. The van der Waals surface area contributed by atoms with E-state index in [0.29, 0.717) is 0 Å². The predicted octanol–water partition coefficient (Wildman–Crippen LogP) is -0.106. The number of halogens is 1. The maximum atomic E-state index is 11.2. The molecule has 1 N–H and O–H groups in total. The van der Waals surface area contributed by atoms with Crippen molar-refractivity contribution < 1.29 is 38.4 Å². The normalized spacial score (nSPS) is 32.1. The Bertz CT molecular complexity index is 412. The summed E-state index contributed by atoms with van der Waals surface area (Å²) in [6, 6.07) is 0. The molecule has 0 saturated carbocycles. The van der Waals surface area contributed by atoms with Crippen LogP contribution >= 0.6 is 15.9 Å². The largest absolute Gasteiger partial charge is 0.456 e. The Morgan fingerprint density at radius 3 is 1.81 bits per heavy atom. The van der Waals surface area contributed by atoms with Gasteiger partial charge in [0.05, 0.1) is 0 Å². The number of hydrogen-bond acceptors (Lipinski definition) is 8. The van der Waals surface area contributed by atoms with E-state index in [-0.39, 0.29) is 5.33 Å². The quantitative estimate of drug-likeness (QED) is 0.416. The summed E-state index contributed by atoms with van der Waals surface area (Å²) >= 11 is 3.16. The van der Waals surface area contributed by atoms with Crippen molar-refractivity contribution in [1.29, 1.82) is 0 Å². The summed E-state index contributed by atoms with van der Waals surface area (Å²) in [6.45, 7) is 3.47. The zero-order chi connectivity index (χ0) is 16.2. The topological polar surface area (TPSA) is 108 Å². The number of hydrogen-bond donors (Lipinski definition) is 1. The fraction of sp³-hybridized carbons (Fsp3) is 0.750. The standard InChI is InChI=1S/C12H17BrO8/c1-5(14)18-9-8(4-13)21-12(17)11(20-7(3)16)10(9)19-6(2)15/h8-12,17H,4H2,1-3H3/t8-,9+,10+,11+,12-/m0/s1. The lowest BCUT2D eigenvalue weighted by Crippen LogP contribution is -2.61. The molecule has 9 heteroatoms. The Kier molecular flexibility index (Phi) is 6.56. The van der Waals surface area contributed by atoms with E-state index in [1.807, 2.05) is 0 Å². The second kappa shape index (κ2) is 7.71. The molecular formula is C12H17BrO8. The zero-order valence-corrected chi connectivity index (χ0v) is 13.4. The molecule has 21 heavy (non-hydrogen) atoms. The van der Waals surface area contributed by atoms with Crippen LogP contribution in [0.1, 0.15) is 20.8 Å². The van der Waals surface area contributed by atoms with Crippen LogP contribution in [0.15, 0.2) is 0 Å². The van der Waals surface area contributed by atoms with Gasteiger partial charge in [0.1, 0.15) is 6.10 Å². The van der Waals surface area contributed by atoms with Gasteiger partial charge in [-0.1, -0.05) is 15.9 Å². The molecule has 0 radical (unpaired) electrons. The van der Waals surface area contributed by atoms with E-state index in [2.05, 4.69) is 15.9 Å². The van der Waals surface area contributed by atoms with Crippen molar-refractivity contribution in [1.82, 2.24) is 0 Å². The van der Waals surface area contributed by atoms with Crippen LogP contribution in [0.3, 0.4) is 0 Å². The minimum atomic E-state index is -1.51. The Hall–Kier alpha value is -1.19. The second-order valence-corrected chi connectivity index (χ2v) is 5.09. The summed E-state index contributed by atoms with van der Waals surface area (Å²) in [5.41, 5.74) is 0. The molecule has 1 fully saturated rings. The first kappa shape index (κ1) is 17.9. The molecule has 1 aliphatic heterocycles. The number of esters is 3. The lowest BCUT2D eigenvalue weighted by atomic mass is 9.99. The smallest absolute Gasteiger partial charge is 0.303 e. The third-order valence-electron chi connectivity index (χ3n) is 2.67. The number of aliphatic hydroxyl groups is 1. The van der Waals surface area contributed by atoms with Gasteiger partial charge in [-0.15, -0.1) is 0 Å². The van der Waals surface area contributed by atoms with Crippen LogP contribution in [0, 0.1) is 0 Å². The van der Waals surface area contributed by atoms with E-state index in [9.17, 15) is 19.5 Å². The van der Waals surface area contributed by atoms with Crippen LogP contribution in [-0.4, -0.2) is 59.1 Å². The molecule has 0 bridgehead atoms. The van der Waals surface area contributed by atoms with Crippen molar-refractivity contribution in [3.8, 4) is 0 Å². The van der Waals surface area contributed by atoms with Crippen LogP contribution in [-0.2, 0) is 33.3 Å². The molecule has 1 rings (SSSR count). The summed E-state index contributed by atoms with van der Waals surface area (Å²) in [5.74, 6) is -1.99. The average molecular weight is 369 g/mol. The highest BCUT2D eigenvalue weighted by Crippen LogP contribution is 2.28. The summed E-state index contributed by atoms with van der Waals surface area (Å²) in [4.78, 5) is 33.6. The Morgan fingerprint density at radius 1 is 0.952 bits per heavy atom. The average Bonchev–Trinajstić information content (AvgIpc) is 2.35. The number of carbonyl (C=O) groups is 3. The first-order chi connectivity index (χ1) is 9.76. The fourth-order valence-electron chi connectivity index (χ4n) is 2.00. The maximum Gasteiger partial charge on any atom is 0.303 e. The van der Waals surface area contributed by atoms with Gasteiger partial charge in [0.15, 0.2) is 24.6 Å². The van der Waals surface area contributed by atoms with Crippen LogP contribution in [0.4, 0.5) is 0 Å². The van der Waals surface area contributed by atoms with Crippen molar-refractivity contribution in [3.63, 3.8) is 0 Å². The van der Waals surface area contributed by atoms with Crippen molar-refractivity contribution in [2.24, 2.45) is 0 Å². The maximum absolute atomic E-state index is 11.2. The molecule has 0 unspecified atom stereocenters. The number of alkyl halides is 1. The number of aliphatic hydroxyl groups excluding tert-OH is 1. The van der Waals surface area contributed by atoms with Gasteiger partial charge in [-0.05, 0) is 0 Å². The summed E-state index contributed by atoms with van der Waals surface area (Å²) in [7, 11) is 0. The number of carbonyl (C=O) groups excluding carboxylic acids is 3. The van der Waals surface area contributed by atoms with Gasteiger partial charge in [0.2, 0.25) is 0 Å². The summed E-state index contributed by atoms with van der Waals surface area (Å²) in [5, 5.41) is 10.1. The van der Waals surface area contributed by atoms with Gasteiger partial charge in [0.25, 0.3) is 0 Å². The van der Waals surface area contributed by atoms with Crippen molar-refractivity contribution in [3.05, 3.63) is 0 Å². The van der Waals surface area contributed by atoms with Gasteiger partial charge in [-0.25, -0.2) is 0 Å². The molecule has 0 aromatic rings. The van der Waals surface area contributed by atoms with Crippen molar-refractivity contribution in [2.75, 3.05) is 5.33 Å². The molecule has 1 heterocycles. The first-order valence-electron chi connectivity index (χ1n) is 6.17. The second-order valence-electron chi connectivity index (χ2n) is 4.44. The van der Waals surface area contributed by atoms with Crippen LogP contribution in [0.2, 0.25) is 0 Å². The zero-order valence-electron chi connectivity index (χ0n) is 11.8. The van der Waals surface area contributed by atoms with Gasteiger partial charge < -0.3 is 24.1 Å². The monoisotopic (exact) mass is 368 g/mol. The number of rotatable bonds is 4. The first-order valence-corrected chi connectivity index (χ1v) is 7.29. The predicted molar refractivity (Wildman–Crippen MR) is 71.3 cm³/mol. The molecule has 5 atom stereocenters. The van der Waals surface area contributed by atoms with Gasteiger partial charge in [-0.3, -0.25) is 14.4 Å². The molecule has 0 aliphatic carbocycles. The molecule has 0 aromatic carbocycles.